The SMILES string of the molecule is C[C@@H](SC1COC(/C=C/C=C/c2ccc(C#N)cc2F)OC1)[C@@](Cn1cncn1)(OC(=O)c1ccccc1COC(=O)CCC(=O)O)c1ccc(F)cc1F. The number of carboxylic acid groups (broad SMARTS) is 1. The molecule has 286 valence electrons. The van der Waals surface area contributed by atoms with E-state index in [1.807, 2.05) is 6.07 Å². The van der Waals surface area contributed by atoms with E-state index in [4.69, 9.17) is 29.3 Å². The largest absolute Gasteiger partial charge is 0.481 e. The lowest BCUT2D eigenvalue weighted by Crippen LogP contribution is -2.47. The molecule has 0 spiro atoms. The van der Waals surface area contributed by atoms with Crippen molar-refractivity contribution in [1.82, 2.24) is 14.8 Å². The van der Waals surface area contributed by atoms with Gasteiger partial charge in [-0.05, 0) is 43.3 Å². The zero-order chi connectivity index (χ0) is 39.4. The molecule has 1 saturated heterocycles. The minimum Gasteiger partial charge on any atom is -0.481 e. The van der Waals surface area contributed by atoms with Crippen LogP contribution in [0, 0.1) is 28.8 Å². The maximum Gasteiger partial charge on any atom is 0.339 e. The zero-order valence-electron chi connectivity index (χ0n) is 29.3. The van der Waals surface area contributed by atoms with Crippen molar-refractivity contribution < 1.29 is 51.6 Å². The molecule has 12 nitrogen and oxygen atoms in total. The second kappa shape index (κ2) is 19.0. The Morgan fingerprint density at radius 2 is 1.85 bits per heavy atom. The maximum absolute atomic E-state index is 15.9. The van der Waals surface area contributed by atoms with Crippen LogP contribution in [-0.4, -0.2) is 67.8 Å². The summed E-state index contributed by atoms with van der Waals surface area (Å²) in [4.78, 5) is 41.2. The lowest BCUT2D eigenvalue weighted by molar-refractivity contribution is -0.148. The summed E-state index contributed by atoms with van der Waals surface area (Å²) in [7, 11) is 0. The molecule has 5 rings (SSSR count). The van der Waals surface area contributed by atoms with Gasteiger partial charge in [0.2, 0.25) is 0 Å². The van der Waals surface area contributed by atoms with Crippen molar-refractivity contribution in [3.63, 3.8) is 0 Å². The zero-order valence-corrected chi connectivity index (χ0v) is 30.2. The van der Waals surface area contributed by atoms with Gasteiger partial charge in [0.05, 0.1) is 55.0 Å². The average molecular weight is 777 g/mol. The number of rotatable bonds is 16. The highest BCUT2D eigenvalue weighted by Crippen LogP contribution is 2.42. The van der Waals surface area contributed by atoms with Gasteiger partial charge in [0.1, 0.15) is 36.7 Å². The highest BCUT2D eigenvalue weighted by atomic mass is 32.2. The molecule has 0 aliphatic carbocycles. The van der Waals surface area contributed by atoms with Gasteiger partial charge in [-0.2, -0.15) is 10.4 Å². The average Bonchev–Trinajstić information content (AvgIpc) is 3.68. The summed E-state index contributed by atoms with van der Waals surface area (Å²) in [6, 6.07) is 15.1. The number of aliphatic carboxylic acids is 1. The summed E-state index contributed by atoms with van der Waals surface area (Å²) in [5, 5.41) is 20.9. The summed E-state index contributed by atoms with van der Waals surface area (Å²) in [5.41, 5.74) is -1.24. The second-order valence-electron chi connectivity index (χ2n) is 12.2. The molecule has 0 bridgehead atoms. The van der Waals surface area contributed by atoms with E-state index in [1.54, 1.807) is 37.3 Å². The van der Waals surface area contributed by atoms with Gasteiger partial charge in [-0.1, -0.05) is 42.5 Å². The fraction of sp³-hybridized carbons (Fsp3) is 0.282. The first-order chi connectivity index (χ1) is 26.5. The van der Waals surface area contributed by atoms with Gasteiger partial charge in [-0.15, -0.1) is 11.8 Å². The summed E-state index contributed by atoms with van der Waals surface area (Å²) in [5.74, 6) is -5.22. The molecule has 0 unspecified atom stereocenters. The van der Waals surface area contributed by atoms with E-state index in [0.29, 0.717) is 11.6 Å². The third kappa shape index (κ3) is 10.9. The Labute approximate surface area is 318 Å². The van der Waals surface area contributed by atoms with Crippen LogP contribution in [0.3, 0.4) is 0 Å². The Morgan fingerprint density at radius 1 is 1.07 bits per heavy atom. The van der Waals surface area contributed by atoms with Crippen LogP contribution in [0.2, 0.25) is 0 Å². The van der Waals surface area contributed by atoms with Crippen molar-refractivity contribution >= 4 is 35.7 Å². The number of hydrogen-bond donors (Lipinski definition) is 1. The van der Waals surface area contributed by atoms with Crippen LogP contribution < -0.4 is 0 Å². The molecular weight excluding hydrogens is 742 g/mol. The molecule has 1 aliphatic heterocycles. The van der Waals surface area contributed by atoms with E-state index in [-0.39, 0.29) is 60.3 Å². The standard InChI is InChI=1S/C39H35F3N4O8S/c1-25(55-30-20-52-37(53-21-30)9-5-3-6-27-11-10-26(18-43)16-33(27)41)39(22-46-24-44-23-45-46,32-13-12-29(40)17-34(32)42)54-38(50)31-8-4-2-7-28(31)19-51-36(49)15-14-35(47)48/h2-13,16-17,23-25,30,37H,14-15,19-22H2,1H3,(H,47,48)/b6-3+,9-5+/t25-,30?,37?,39-/m1/s1. The van der Waals surface area contributed by atoms with Gasteiger partial charge in [0, 0.05) is 28.0 Å². The fourth-order valence-electron chi connectivity index (χ4n) is 5.63. The Kier molecular flexibility index (Phi) is 14.0. The third-order valence-electron chi connectivity index (χ3n) is 8.42. The highest BCUT2D eigenvalue weighted by molar-refractivity contribution is 8.00. The first-order valence-electron chi connectivity index (χ1n) is 16.9. The molecule has 1 fully saturated rings. The number of carbonyl (C=O) groups is 3. The smallest absolute Gasteiger partial charge is 0.339 e. The predicted octanol–water partition coefficient (Wildman–Crippen LogP) is 6.36. The first-order valence-corrected chi connectivity index (χ1v) is 17.8. The van der Waals surface area contributed by atoms with E-state index in [1.165, 1.54) is 65.5 Å². The summed E-state index contributed by atoms with van der Waals surface area (Å²) in [6.07, 6.45) is 7.49. The molecule has 1 aliphatic rings. The second-order valence-corrected chi connectivity index (χ2v) is 13.9. The summed E-state index contributed by atoms with van der Waals surface area (Å²) in [6.45, 7) is 1.45. The van der Waals surface area contributed by atoms with E-state index in [2.05, 4.69) is 10.1 Å². The molecule has 0 saturated carbocycles. The van der Waals surface area contributed by atoms with Crippen LogP contribution in [0.1, 0.15) is 52.4 Å². The van der Waals surface area contributed by atoms with Crippen LogP contribution in [-0.2, 0) is 47.3 Å². The normalized spacial score (nSPS) is 17.4. The number of carbonyl (C=O) groups excluding carboxylic acids is 2. The topological polar surface area (TPSA) is 163 Å². The quantitative estimate of drug-likeness (QED) is 0.0992. The molecule has 2 heterocycles. The third-order valence-corrected chi connectivity index (χ3v) is 9.87. The number of nitriles is 1. The Bertz CT molecular complexity index is 2080. The molecule has 4 aromatic rings. The van der Waals surface area contributed by atoms with Crippen LogP contribution >= 0.6 is 11.8 Å². The van der Waals surface area contributed by atoms with E-state index in [0.717, 1.165) is 12.1 Å². The Hall–Kier alpha value is -5.76. The predicted molar refractivity (Wildman–Crippen MR) is 192 cm³/mol. The highest BCUT2D eigenvalue weighted by Gasteiger charge is 2.47. The van der Waals surface area contributed by atoms with Gasteiger partial charge in [-0.25, -0.2) is 27.6 Å². The molecule has 1 aromatic heterocycles. The fourth-order valence-corrected chi connectivity index (χ4v) is 6.99. The van der Waals surface area contributed by atoms with Crippen LogP contribution in [0.25, 0.3) is 6.08 Å². The molecule has 0 radical (unpaired) electrons. The lowest BCUT2D eigenvalue weighted by atomic mass is 9.89. The molecular formula is C39H35F3N4O8S. The number of carboxylic acids is 1. The Morgan fingerprint density at radius 3 is 2.55 bits per heavy atom. The van der Waals surface area contributed by atoms with Gasteiger partial charge >= 0.3 is 17.9 Å². The van der Waals surface area contributed by atoms with E-state index in [9.17, 15) is 23.2 Å². The van der Waals surface area contributed by atoms with Gasteiger partial charge in [-0.3, -0.25) is 9.59 Å². The molecule has 0 amide bonds. The van der Waals surface area contributed by atoms with Crippen molar-refractivity contribution in [3.05, 3.63) is 137 Å². The minimum atomic E-state index is -1.85. The van der Waals surface area contributed by atoms with Crippen molar-refractivity contribution in [3.8, 4) is 6.07 Å². The molecule has 1 N–H and O–H groups in total. The number of nitrogens with zero attached hydrogens (tertiary/aromatic N) is 4. The number of allylic oxidation sites excluding steroid dienone is 2. The number of thioether (sulfide) groups is 1. The minimum absolute atomic E-state index is 0.00819. The van der Waals surface area contributed by atoms with Crippen molar-refractivity contribution in [2.75, 3.05) is 13.2 Å². The summed E-state index contributed by atoms with van der Waals surface area (Å²) < 4.78 is 69.0. The number of halogens is 3. The molecule has 16 heteroatoms. The maximum atomic E-state index is 15.9. The Balaban J connectivity index is 1.36. The molecule has 55 heavy (non-hydrogen) atoms. The number of aromatic nitrogens is 3. The molecule has 3 aromatic carbocycles. The number of ether oxygens (including phenoxy) is 4. The monoisotopic (exact) mass is 776 g/mol. The van der Waals surface area contributed by atoms with Gasteiger partial charge in [0.15, 0.2) is 11.9 Å². The summed E-state index contributed by atoms with van der Waals surface area (Å²) >= 11 is 1.28. The van der Waals surface area contributed by atoms with E-state index < -0.39 is 58.9 Å². The van der Waals surface area contributed by atoms with Crippen LogP contribution in [0.15, 0.2) is 91.5 Å². The van der Waals surface area contributed by atoms with Crippen molar-refractivity contribution in [2.24, 2.45) is 0 Å². The van der Waals surface area contributed by atoms with Gasteiger partial charge in [0.25, 0.3) is 0 Å². The van der Waals surface area contributed by atoms with Crippen molar-refractivity contribution in [2.45, 2.75) is 55.3 Å². The number of esters is 2. The van der Waals surface area contributed by atoms with Crippen LogP contribution in [0.5, 0.6) is 0 Å². The van der Waals surface area contributed by atoms with Gasteiger partial charge < -0.3 is 24.1 Å². The van der Waals surface area contributed by atoms with E-state index >= 15 is 4.39 Å². The number of benzene rings is 3. The van der Waals surface area contributed by atoms with Crippen LogP contribution in [0.4, 0.5) is 13.2 Å². The lowest BCUT2D eigenvalue weighted by Gasteiger charge is -2.40. The molecule has 2 atom stereocenters. The number of hydrogen-bond acceptors (Lipinski definition) is 11. The van der Waals surface area contributed by atoms with Crippen molar-refractivity contribution in [1.29, 1.82) is 5.26 Å². The first kappa shape index (κ1) is 40.4.